The van der Waals surface area contributed by atoms with Crippen molar-refractivity contribution in [2.45, 2.75) is 0 Å². The Morgan fingerprint density at radius 1 is 0.600 bits per heavy atom. The molecule has 0 bridgehead atoms. The quantitative estimate of drug-likeness (QED) is 0.492. The Bertz CT molecular complexity index is 6.85. The molecule has 0 aromatic heterocycles. The fourth-order valence-electron chi connectivity index (χ4n) is 0. The first-order valence-electron chi connectivity index (χ1n) is 0. The van der Waals surface area contributed by atoms with Crippen LogP contribution in [0, 0.1) is 0 Å². The van der Waals surface area contributed by atoms with E-state index in [9.17, 15) is 0 Å². The van der Waals surface area contributed by atoms with Gasteiger partial charge in [0, 0.05) is 0 Å². The zero-order valence-corrected chi connectivity index (χ0v) is 8.41. The van der Waals surface area contributed by atoms with Gasteiger partial charge in [-0.25, -0.2) is 0 Å². The molecular formula is AlS3Sb. The van der Waals surface area contributed by atoms with Crippen molar-refractivity contribution in [1.29, 1.82) is 0 Å². The van der Waals surface area contributed by atoms with Crippen molar-refractivity contribution in [2.24, 2.45) is 0 Å². The third-order valence-corrected chi connectivity index (χ3v) is 0. The normalized spacial score (nSPS) is 0. The molecule has 0 fully saturated rings. The van der Waals surface area contributed by atoms with Gasteiger partial charge < -0.3 is 40.5 Å². The first-order valence-corrected chi connectivity index (χ1v) is 0. The smallest absolute Gasteiger partial charge is 2.00 e. The maximum absolute atomic E-state index is 0. The first-order chi connectivity index (χ1) is 0. The molecule has 0 atom stereocenters. The van der Waals surface area contributed by atoms with Gasteiger partial charge in [0.05, 0.1) is 0 Å². The number of rotatable bonds is 0. The van der Waals surface area contributed by atoms with Crippen LogP contribution in [0.2, 0.25) is 0 Å². The summed E-state index contributed by atoms with van der Waals surface area (Å²) in [6, 6.07) is 0. The van der Waals surface area contributed by atoms with Gasteiger partial charge in [0.15, 0.2) is 0 Å². The summed E-state index contributed by atoms with van der Waals surface area (Å²) in [5, 5.41) is 0. The van der Waals surface area contributed by atoms with Gasteiger partial charge >= 0.3 is 41.8 Å². The Hall–Kier alpha value is 2.40. The van der Waals surface area contributed by atoms with Gasteiger partial charge in [-0.2, -0.15) is 0 Å². The van der Waals surface area contributed by atoms with Crippen LogP contribution in [0.3, 0.4) is 0 Å². The summed E-state index contributed by atoms with van der Waals surface area (Å²) in [6.07, 6.45) is 0. The molecule has 0 aliphatic heterocycles. The molecule has 0 spiro atoms. The van der Waals surface area contributed by atoms with Crippen LogP contribution < -0.4 is 0 Å². The van der Waals surface area contributed by atoms with E-state index in [1.54, 1.807) is 0 Å². The average molecular weight is 245 g/mol. The third-order valence-electron chi connectivity index (χ3n) is 0. The standard InChI is InChI=1S/Al.3S.Sb/q+3;3*-2;+3. The van der Waals surface area contributed by atoms with Crippen molar-refractivity contribution < 1.29 is 0 Å². The molecule has 0 aliphatic carbocycles. The number of hydrogen-bond donors (Lipinski definition) is 0. The van der Waals surface area contributed by atoms with E-state index in [-0.39, 0.29) is 82.3 Å². The average Bonchev–Trinajstić information content (AvgIpc) is 0. The van der Waals surface area contributed by atoms with E-state index in [1.807, 2.05) is 0 Å². The molecule has 26 valence electrons. The molecule has 0 saturated heterocycles. The van der Waals surface area contributed by atoms with Crippen LogP contribution in [0.25, 0.3) is 0 Å². The van der Waals surface area contributed by atoms with Crippen molar-refractivity contribution in [2.75, 3.05) is 0 Å². The number of hydrogen-bond acceptors (Lipinski definition) is 0. The fourth-order valence-corrected chi connectivity index (χ4v) is 0. The zero-order valence-electron chi connectivity index (χ0n) is 2.25. The molecular weight excluding hydrogens is 245 g/mol. The molecule has 0 saturated carbocycles. The maximum atomic E-state index is 0. The monoisotopic (exact) mass is 244 g/mol. The minimum Gasteiger partial charge on any atom is -2.00 e. The van der Waals surface area contributed by atoms with Crippen molar-refractivity contribution in [3.05, 3.63) is 0 Å². The van der Waals surface area contributed by atoms with Crippen LogP contribution >= 0.6 is 0 Å². The van der Waals surface area contributed by atoms with Gasteiger partial charge in [-0.1, -0.05) is 0 Å². The minimum absolute atomic E-state index is 0. The molecule has 5 heavy (non-hydrogen) atoms. The largest absolute Gasteiger partial charge is 3.00 e. The van der Waals surface area contributed by atoms with Crippen LogP contribution in [0.15, 0.2) is 0 Å². The topological polar surface area (TPSA) is 0 Å². The second-order valence-electron chi connectivity index (χ2n) is 0. The van der Waals surface area contributed by atoms with Gasteiger partial charge in [-0.3, -0.25) is 0 Å². The van der Waals surface area contributed by atoms with Crippen LogP contribution in [0.5, 0.6) is 0 Å². The zero-order chi connectivity index (χ0) is 0. The van der Waals surface area contributed by atoms with E-state index in [2.05, 4.69) is 0 Å². The minimum atomic E-state index is 0. The summed E-state index contributed by atoms with van der Waals surface area (Å²) >= 11 is 0. The molecule has 5 heteroatoms. The second-order valence-corrected chi connectivity index (χ2v) is 0. The summed E-state index contributed by atoms with van der Waals surface area (Å²) in [5.41, 5.74) is 0. The summed E-state index contributed by atoms with van der Waals surface area (Å²) < 4.78 is 0. The van der Waals surface area contributed by atoms with Gasteiger partial charge in [0.25, 0.3) is 0 Å². The van der Waals surface area contributed by atoms with Crippen LogP contribution in [-0.4, -0.2) is 41.8 Å². The van der Waals surface area contributed by atoms with Gasteiger partial charge in [-0.05, 0) is 0 Å². The molecule has 0 nitrogen and oxygen atoms in total. The SMILES string of the molecule is [Al+3].[S-2].[S-2].[S-2].[Sb+3]. The molecule has 0 unspecified atom stereocenters. The molecule has 0 rings (SSSR count). The van der Waals surface area contributed by atoms with Crippen molar-refractivity contribution >= 4 is 82.3 Å². The van der Waals surface area contributed by atoms with Gasteiger partial charge in [0.1, 0.15) is 0 Å². The third kappa shape index (κ3) is 21.5. The molecule has 0 aromatic rings. The van der Waals surface area contributed by atoms with E-state index in [0.717, 1.165) is 0 Å². The molecule has 0 aliphatic rings. The Kier molecular flexibility index (Phi) is 341. The Labute approximate surface area is 81.4 Å². The summed E-state index contributed by atoms with van der Waals surface area (Å²) in [7, 11) is 0. The molecule has 2 radical (unpaired) electrons. The Balaban J connectivity index is 0. The van der Waals surface area contributed by atoms with E-state index >= 15 is 0 Å². The van der Waals surface area contributed by atoms with Gasteiger partial charge in [0.2, 0.25) is 0 Å². The Morgan fingerprint density at radius 2 is 0.600 bits per heavy atom. The predicted octanol–water partition coefficient (Wildman–Crippen LogP) is -0.769. The van der Waals surface area contributed by atoms with Crippen molar-refractivity contribution in [3.8, 4) is 0 Å². The van der Waals surface area contributed by atoms with E-state index in [4.69, 9.17) is 0 Å². The van der Waals surface area contributed by atoms with E-state index < -0.39 is 0 Å². The van der Waals surface area contributed by atoms with Crippen molar-refractivity contribution in [3.63, 3.8) is 0 Å². The second kappa shape index (κ2) is 32.4. The van der Waals surface area contributed by atoms with Crippen LogP contribution in [-0.2, 0) is 40.5 Å². The van der Waals surface area contributed by atoms with Crippen LogP contribution in [0.1, 0.15) is 0 Å². The summed E-state index contributed by atoms with van der Waals surface area (Å²) in [5.74, 6) is 0. The van der Waals surface area contributed by atoms with Crippen molar-refractivity contribution in [1.82, 2.24) is 0 Å². The summed E-state index contributed by atoms with van der Waals surface area (Å²) in [4.78, 5) is 0. The molecule has 0 heterocycles. The molecule has 0 N–H and O–H groups in total. The molecule has 0 amide bonds. The predicted molar refractivity (Wildman–Crippen MR) is 33.6 cm³/mol. The Morgan fingerprint density at radius 3 is 0.600 bits per heavy atom. The fraction of sp³-hybridized carbons (Fsp3) is 0. The maximum Gasteiger partial charge on any atom is 3.00 e. The van der Waals surface area contributed by atoms with E-state index in [1.165, 1.54) is 0 Å². The molecule has 0 aromatic carbocycles. The first kappa shape index (κ1) is 52.6. The van der Waals surface area contributed by atoms with Gasteiger partial charge in [-0.15, -0.1) is 0 Å². The summed E-state index contributed by atoms with van der Waals surface area (Å²) in [6.45, 7) is 0. The van der Waals surface area contributed by atoms with E-state index in [0.29, 0.717) is 0 Å². The van der Waals surface area contributed by atoms with Crippen LogP contribution in [0.4, 0.5) is 0 Å².